The number of hydrogen-bond acceptors (Lipinski definition) is 7. The Bertz CT molecular complexity index is 1060. The molecule has 3 rings (SSSR count). The average Bonchev–Trinajstić information content (AvgIpc) is 2.87. The van der Waals surface area contributed by atoms with Crippen molar-refractivity contribution >= 4 is 21.6 Å². The molecule has 0 radical (unpaired) electrons. The summed E-state index contributed by atoms with van der Waals surface area (Å²) in [6.45, 7) is 6.13. The minimum absolute atomic E-state index is 0.0451. The lowest BCUT2D eigenvalue weighted by atomic mass is 10.0. The number of aliphatic hydroxyl groups is 1. The summed E-state index contributed by atoms with van der Waals surface area (Å²) in [5.41, 5.74) is 7.19. The van der Waals surface area contributed by atoms with E-state index in [1.54, 1.807) is 17.0 Å². The predicted octanol–water partition coefficient (Wildman–Crippen LogP) is 1.34. The molecule has 10 heteroatoms. The molecule has 2 atom stereocenters. The van der Waals surface area contributed by atoms with Crippen LogP contribution in [0.25, 0.3) is 0 Å². The molecule has 1 fully saturated rings. The number of benzene rings is 2. The number of morpholine rings is 1. The molecule has 1 aliphatic heterocycles. The van der Waals surface area contributed by atoms with E-state index in [2.05, 4.69) is 5.32 Å². The molecule has 0 aromatic heterocycles. The first-order valence-electron chi connectivity index (χ1n) is 12.3. The van der Waals surface area contributed by atoms with Gasteiger partial charge in [-0.1, -0.05) is 44.2 Å². The quantitative estimate of drug-likeness (QED) is 0.362. The Morgan fingerprint density at radius 2 is 1.72 bits per heavy atom. The maximum Gasteiger partial charge on any atom is 0.243 e. The zero-order valence-electron chi connectivity index (χ0n) is 21.0. The van der Waals surface area contributed by atoms with Crippen molar-refractivity contribution in [3.8, 4) is 0 Å². The Kier molecular flexibility index (Phi) is 10.3. The van der Waals surface area contributed by atoms with E-state index >= 15 is 0 Å². The van der Waals surface area contributed by atoms with Gasteiger partial charge in [0.05, 0.1) is 30.8 Å². The first-order chi connectivity index (χ1) is 17.2. The smallest absolute Gasteiger partial charge is 0.243 e. The van der Waals surface area contributed by atoms with Crippen LogP contribution in [0.15, 0.2) is 59.5 Å². The minimum atomic E-state index is -3.86. The van der Waals surface area contributed by atoms with Crippen LogP contribution < -0.4 is 11.1 Å². The molecule has 9 nitrogen and oxygen atoms in total. The van der Waals surface area contributed by atoms with Crippen LogP contribution in [0.2, 0.25) is 0 Å². The number of nitrogens with zero attached hydrogens (tertiary/aromatic N) is 2. The number of amides is 1. The zero-order valence-corrected chi connectivity index (χ0v) is 21.9. The number of nitrogen functional groups attached to an aromatic ring is 1. The molecular weight excluding hydrogens is 480 g/mol. The van der Waals surface area contributed by atoms with Crippen molar-refractivity contribution in [3.63, 3.8) is 0 Å². The highest BCUT2D eigenvalue weighted by Crippen LogP contribution is 2.20. The number of sulfonamides is 1. The number of nitrogens with two attached hydrogens (primary N) is 1. The minimum Gasteiger partial charge on any atom is -0.399 e. The highest BCUT2D eigenvalue weighted by molar-refractivity contribution is 7.89. The fourth-order valence-electron chi connectivity index (χ4n) is 4.16. The summed E-state index contributed by atoms with van der Waals surface area (Å²) in [6.07, 6.45) is -0.611. The van der Waals surface area contributed by atoms with E-state index in [0.717, 1.165) is 5.56 Å². The highest BCUT2D eigenvalue weighted by Gasteiger charge is 2.31. The summed E-state index contributed by atoms with van der Waals surface area (Å²) in [5, 5.41) is 14.5. The van der Waals surface area contributed by atoms with Gasteiger partial charge in [0.25, 0.3) is 0 Å². The monoisotopic (exact) mass is 518 g/mol. The molecule has 0 bridgehead atoms. The van der Waals surface area contributed by atoms with E-state index in [9.17, 15) is 18.3 Å². The van der Waals surface area contributed by atoms with Gasteiger partial charge in [0.1, 0.15) is 0 Å². The van der Waals surface area contributed by atoms with Crippen LogP contribution in [-0.4, -0.2) is 86.7 Å². The number of carbonyl (C=O) groups excluding carboxylic acids is 1. The largest absolute Gasteiger partial charge is 0.399 e. The molecule has 0 aliphatic carbocycles. The summed E-state index contributed by atoms with van der Waals surface area (Å²) < 4.78 is 33.5. The van der Waals surface area contributed by atoms with E-state index in [1.807, 2.05) is 44.2 Å². The van der Waals surface area contributed by atoms with Crippen molar-refractivity contribution in [2.24, 2.45) is 5.92 Å². The van der Waals surface area contributed by atoms with Crippen LogP contribution in [0.3, 0.4) is 0 Å². The van der Waals surface area contributed by atoms with Crippen LogP contribution in [0.1, 0.15) is 19.4 Å². The lowest BCUT2D eigenvalue weighted by molar-refractivity contribution is -0.134. The van der Waals surface area contributed by atoms with Gasteiger partial charge in [0, 0.05) is 37.9 Å². The van der Waals surface area contributed by atoms with E-state index < -0.39 is 22.2 Å². The van der Waals surface area contributed by atoms with Crippen LogP contribution >= 0.6 is 0 Å². The second kappa shape index (κ2) is 13.2. The predicted molar refractivity (Wildman–Crippen MR) is 140 cm³/mol. The van der Waals surface area contributed by atoms with Crippen molar-refractivity contribution in [1.82, 2.24) is 14.5 Å². The molecule has 2 aromatic carbocycles. The maximum atomic E-state index is 13.4. The number of ether oxygens (including phenoxy) is 1. The van der Waals surface area contributed by atoms with Crippen LogP contribution in [0.5, 0.6) is 0 Å². The standard InChI is InChI=1S/C26H38N4O5S/c1-20(2)18-30(36(33,34)23-10-8-22(27)9-11-23)19-25(31)24(16-21-6-4-3-5-7-21)28-17-26(32)29-12-14-35-15-13-29/h3-11,20,24-25,28,31H,12-19,27H2,1-2H3/t24-,25+/m0/s1. The van der Waals surface area contributed by atoms with E-state index in [1.165, 1.54) is 16.4 Å². The van der Waals surface area contributed by atoms with Crippen molar-refractivity contribution in [2.45, 2.75) is 37.3 Å². The van der Waals surface area contributed by atoms with Gasteiger partial charge in [-0.25, -0.2) is 8.42 Å². The molecule has 198 valence electrons. The maximum absolute atomic E-state index is 13.4. The summed E-state index contributed by atoms with van der Waals surface area (Å²) in [7, 11) is -3.86. The fraction of sp³-hybridized carbons (Fsp3) is 0.500. The molecule has 1 aliphatic rings. The second-order valence-electron chi connectivity index (χ2n) is 9.52. The number of anilines is 1. The lowest BCUT2D eigenvalue weighted by Crippen LogP contribution is -2.52. The van der Waals surface area contributed by atoms with Crippen molar-refractivity contribution < 1.29 is 23.1 Å². The molecule has 1 amide bonds. The van der Waals surface area contributed by atoms with E-state index in [-0.39, 0.29) is 36.4 Å². The number of aliphatic hydroxyl groups excluding tert-OH is 1. The van der Waals surface area contributed by atoms with Crippen molar-refractivity contribution in [1.29, 1.82) is 0 Å². The van der Waals surface area contributed by atoms with Gasteiger partial charge in [0.2, 0.25) is 15.9 Å². The Hall–Kier alpha value is -2.50. The summed E-state index contributed by atoms with van der Waals surface area (Å²) in [5.74, 6) is -0.0266. The van der Waals surface area contributed by atoms with Gasteiger partial charge in [-0.3, -0.25) is 4.79 Å². The molecular formula is C26H38N4O5S. The highest BCUT2D eigenvalue weighted by atomic mass is 32.2. The summed E-state index contributed by atoms with van der Waals surface area (Å²) in [4.78, 5) is 14.6. The van der Waals surface area contributed by atoms with Gasteiger partial charge in [-0.05, 0) is 42.2 Å². The third-order valence-corrected chi connectivity index (χ3v) is 7.97. The zero-order chi connectivity index (χ0) is 26.1. The lowest BCUT2D eigenvalue weighted by Gasteiger charge is -2.32. The molecule has 2 aromatic rings. The van der Waals surface area contributed by atoms with Crippen LogP contribution in [-0.2, 0) is 26.0 Å². The van der Waals surface area contributed by atoms with Gasteiger partial charge in [-0.15, -0.1) is 0 Å². The number of carbonyl (C=O) groups is 1. The molecule has 1 heterocycles. The van der Waals surface area contributed by atoms with Crippen molar-refractivity contribution in [3.05, 3.63) is 60.2 Å². The molecule has 0 saturated carbocycles. The van der Waals surface area contributed by atoms with Gasteiger partial charge < -0.3 is 25.8 Å². The number of nitrogens with one attached hydrogen (secondary N) is 1. The molecule has 1 saturated heterocycles. The molecule has 0 spiro atoms. The number of rotatable bonds is 12. The Labute approximate surface area is 214 Å². The molecule has 0 unspecified atom stereocenters. The van der Waals surface area contributed by atoms with E-state index in [0.29, 0.717) is 38.4 Å². The summed E-state index contributed by atoms with van der Waals surface area (Å²) >= 11 is 0. The summed E-state index contributed by atoms with van der Waals surface area (Å²) in [6, 6.07) is 15.1. The Morgan fingerprint density at radius 3 is 2.33 bits per heavy atom. The molecule has 36 heavy (non-hydrogen) atoms. The van der Waals surface area contributed by atoms with Crippen LogP contribution in [0, 0.1) is 5.92 Å². The third kappa shape index (κ3) is 8.01. The van der Waals surface area contributed by atoms with Gasteiger partial charge >= 0.3 is 0 Å². The third-order valence-electron chi connectivity index (χ3n) is 6.12. The Balaban J connectivity index is 1.78. The van der Waals surface area contributed by atoms with E-state index in [4.69, 9.17) is 10.5 Å². The fourth-order valence-corrected chi connectivity index (χ4v) is 5.78. The normalized spacial score (nSPS) is 16.3. The topological polar surface area (TPSA) is 125 Å². The first kappa shape index (κ1) is 28.1. The van der Waals surface area contributed by atoms with Gasteiger partial charge in [-0.2, -0.15) is 4.31 Å². The second-order valence-corrected chi connectivity index (χ2v) is 11.5. The average molecular weight is 519 g/mol. The van der Waals surface area contributed by atoms with Crippen molar-refractivity contribution in [2.75, 3.05) is 51.7 Å². The Morgan fingerprint density at radius 1 is 1.08 bits per heavy atom. The number of hydrogen-bond donors (Lipinski definition) is 3. The molecule has 4 N–H and O–H groups in total. The van der Waals surface area contributed by atoms with Crippen LogP contribution in [0.4, 0.5) is 5.69 Å². The SMILES string of the molecule is CC(C)CN(C[C@@H](O)[C@H](Cc1ccccc1)NCC(=O)N1CCOCC1)S(=O)(=O)c1ccc(N)cc1. The first-order valence-corrected chi connectivity index (χ1v) is 13.8. The van der Waals surface area contributed by atoms with Gasteiger partial charge in [0.15, 0.2) is 0 Å².